The molecule has 0 aliphatic heterocycles. The van der Waals surface area contributed by atoms with Crippen LogP contribution in [0.25, 0.3) is 0 Å². The van der Waals surface area contributed by atoms with Crippen molar-refractivity contribution in [1.82, 2.24) is 10.2 Å². The molecule has 3 aromatic rings. The van der Waals surface area contributed by atoms with Gasteiger partial charge in [-0.05, 0) is 47.9 Å². The molecule has 0 heterocycles. The highest BCUT2D eigenvalue weighted by Crippen LogP contribution is 2.20. The van der Waals surface area contributed by atoms with Gasteiger partial charge in [0.15, 0.2) is 6.61 Å². The molecule has 2 amide bonds. The Hall–Kier alpha value is -2.83. The van der Waals surface area contributed by atoms with Gasteiger partial charge in [0, 0.05) is 29.0 Å². The summed E-state index contributed by atoms with van der Waals surface area (Å²) in [5, 5.41) is 3.54. The van der Waals surface area contributed by atoms with E-state index in [0.717, 1.165) is 28.4 Å². The average molecular weight is 558 g/mol. The lowest BCUT2D eigenvalue weighted by molar-refractivity contribution is -0.142. The van der Waals surface area contributed by atoms with Crippen LogP contribution in [0.3, 0.4) is 0 Å². The van der Waals surface area contributed by atoms with Gasteiger partial charge in [-0.2, -0.15) is 0 Å². The van der Waals surface area contributed by atoms with Gasteiger partial charge in [-0.3, -0.25) is 9.59 Å². The van der Waals surface area contributed by atoms with Crippen LogP contribution in [0.15, 0.2) is 83.3 Å². The summed E-state index contributed by atoms with van der Waals surface area (Å²) >= 11 is 9.55. The molecule has 1 atom stereocenters. The second-order valence-electron chi connectivity index (χ2n) is 8.25. The van der Waals surface area contributed by atoms with Gasteiger partial charge in [0.1, 0.15) is 11.8 Å². The Morgan fingerprint density at radius 3 is 2.46 bits per heavy atom. The zero-order valence-corrected chi connectivity index (χ0v) is 22.1. The van der Waals surface area contributed by atoms with Crippen LogP contribution in [0, 0.1) is 0 Å². The minimum absolute atomic E-state index is 0.173. The lowest BCUT2D eigenvalue weighted by Crippen LogP contribution is -2.51. The number of unbranched alkanes of at least 4 members (excludes halogenated alkanes) is 1. The zero-order chi connectivity index (χ0) is 25.0. The number of hydrogen-bond acceptors (Lipinski definition) is 3. The van der Waals surface area contributed by atoms with Crippen molar-refractivity contribution in [1.29, 1.82) is 0 Å². The molecule has 3 aromatic carbocycles. The number of benzene rings is 3. The average Bonchev–Trinajstić information content (AvgIpc) is 2.85. The smallest absolute Gasteiger partial charge is 0.261 e. The molecule has 184 valence electrons. The third-order valence-electron chi connectivity index (χ3n) is 5.50. The third kappa shape index (κ3) is 8.71. The van der Waals surface area contributed by atoms with E-state index in [1.54, 1.807) is 29.2 Å². The maximum absolute atomic E-state index is 13.5. The summed E-state index contributed by atoms with van der Waals surface area (Å²) in [7, 11) is 0. The van der Waals surface area contributed by atoms with E-state index in [0.29, 0.717) is 23.7 Å². The summed E-state index contributed by atoms with van der Waals surface area (Å²) in [6, 6.07) is 23.7. The molecule has 3 rings (SSSR count). The van der Waals surface area contributed by atoms with Crippen LogP contribution in [0.5, 0.6) is 5.75 Å². The highest BCUT2D eigenvalue weighted by molar-refractivity contribution is 9.10. The largest absolute Gasteiger partial charge is 0.484 e. The standard InChI is InChI=1S/C28H30BrClN2O3/c1-2-3-15-31-28(34)26(17-21-9-5-4-6-10-21)32(19-22-11-7-12-23(29)16-22)27(33)20-35-25-14-8-13-24(30)18-25/h4-14,16,18,26H,2-3,15,17,19-20H2,1H3,(H,31,34)/t26-/m1/s1. The van der Waals surface area contributed by atoms with Gasteiger partial charge in [0.05, 0.1) is 0 Å². The van der Waals surface area contributed by atoms with Crippen molar-refractivity contribution in [3.63, 3.8) is 0 Å². The fourth-order valence-electron chi connectivity index (χ4n) is 3.68. The summed E-state index contributed by atoms with van der Waals surface area (Å²) in [6.07, 6.45) is 2.24. The minimum atomic E-state index is -0.691. The van der Waals surface area contributed by atoms with Crippen LogP contribution >= 0.6 is 27.5 Å². The lowest BCUT2D eigenvalue weighted by atomic mass is 10.0. The number of carbonyl (C=O) groups excluding carboxylic acids is 2. The Kier molecular flexibility index (Phi) is 10.6. The molecule has 35 heavy (non-hydrogen) atoms. The summed E-state index contributed by atoms with van der Waals surface area (Å²) < 4.78 is 6.66. The molecule has 5 nitrogen and oxygen atoms in total. The Morgan fingerprint density at radius 1 is 1.00 bits per heavy atom. The molecule has 0 unspecified atom stereocenters. The van der Waals surface area contributed by atoms with Crippen molar-refractivity contribution in [2.75, 3.05) is 13.2 Å². The predicted octanol–water partition coefficient (Wildman–Crippen LogP) is 6.04. The van der Waals surface area contributed by atoms with Gasteiger partial charge in [-0.1, -0.05) is 89.4 Å². The molecule has 0 aromatic heterocycles. The molecule has 7 heteroatoms. The van der Waals surface area contributed by atoms with E-state index in [1.807, 2.05) is 54.6 Å². The molecular weight excluding hydrogens is 528 g/mol. The molecule has 0 saturated heterocycles. The van der Waals surface area contributed by atoms with Crippen molar-refractivity contribution >= 4 is 39.3 Å². The topological polar surface area (TPSA) is 58.6 Å². The number of hydrogen-bond donors (Lipinski definition) is 1. The molecular formula is C28H30BrClN2O3. The summed E-state index contributed by atoms with van der Waals surface area (Å²) in [6.45, 7) is 2.71. The van der Waals surface area contributed by atoms with Crippen LogP contribution in [0.4, 0.5) is 0 Å². The zero-order valence-electron chi connectivity index (χ0n) is 19.8. The fourth-order valence-corrected chi connectivity index (χ4v) is 4.30. The van der Waals surface area contributed by atoms with Crippen molar-refractivity contribution in [3.05, 3.63) is 99.5 Å². The summed E-state index contributed by atoms with van der Waals surface area (Å²) in [4.78, 5) is 28.5. The van der Waals surface area contributed by atoms with Gasteiger partial charge in [-0.15, -0.1) is 0 Å². The van der Waals surface area contributed by atoms with Crippen molar-refractivity contribution < 1.29 is 14.3 Å². The maximum Gasteiger partial charge on any atom is 0.261 e. The maximum atomic E-state index is 13.5. The number of rotatable bonds is 12. The second kappa shape index (κ2) is 13.9. The van der Waals surface area contributed by atoms with Gasteiger partial charge >= 0.3 is 0 Å². The Labute approximate surface area is 220 Å². The molecule has 0 aliphatic carbocycles. The van der Waals surface area contributed by atoms with Crippen molar-refractivity contribution in [3.8, 4) is 5.75 Å². The Bertz CT molecular complexity index is 1110. The van der Waals surface area contributed by atoms with E-state index < -0.39 is 6.04 Å². The number of carbonyl (C=O) groups is 2. The monoisotopic (exact) mass is 556 g/mol. The number of nitrogens with one attached hydrogen (secondary N) is 1. The van der Waals surface area contributed by atoms with Crippen molar-refractivity contribution in [2.24, 2.45) is 0 Å². The molecule has 0 spiro atoms. The van der Waals surface area contributed by atoms with E-state index in [2.05, 4.69) is 28.2 Å². The molecule has 0 radical (unpaired) electrons. The van der Waals surface area contributed by atoms with Gasteiger partial charge < -0.3 is 15.0 Å². The van der Waals surface area contributed by atoms with E-state index in [9.17, 15) is 9.59 Å². The summed E-state index contributed by atoms with van der Waals surface area (Å²) in [5.41, 5.74) is 1.89. The van der Waals surface area contributed by atoms with Crippen LogP contribution < -0.4 is 10.1 Å². The van der Waals surface area contributed by atoms with E-state index >= 15 is 0 Å². The van der Waals surface area contributed by atoms with Crippen LogP contribution in [0.2, 0.25) is 5.02 Å². The normalized spacial score (nSPS) is 11.5. The summed E-state index contributed by atoms with van der Waals surface area (Å²) in [5.74, 6) is 0.0465. The number of ether oxygens (including phenoxy) is 1. The molecule has 0 aliphatic rings. The SMILES string of the molecule is CCCCNC(=O)[C@@H](Cc1ccccc1)N(Cc1cccc(Br)c1)C(=O)COc1cccc(Cl)c1. The number of nitrogens with zero attached hydrogens (tertiary/aromatic N) is 1. The molecule has 0 bridgehead atoms. The molecule has 0 saturated carbocycles. The molecule has 1 N–H and O–H groups in total. The van der Waals surface area contributed by atoms with E-state index in [1.165, 1.54) is 0 Å². The number of amides is 2. The first-order chi connectivity index (χ1) is 17.0. The first kappa shape index (κ1) is 26.8. The lowest BCUT2D eigenvalue weighted by Gasteiger charge is -2.31. The third-order valence-corrected chi connectivity index (χ3v) is 6.23. The Balaban J connectivity index is 1.88. The highest BCUT2D eigenvalue weighted by atomic mass is 79.9. The predicted molar refractivity (Wildman–Crippen MR) is 143 cm³/mol. The van der Waals surface area contributed by atoms with Crippen molar-refractivity contribution in [2.45, 2.75) is 38.8 Å². The van der Waals surface area contributed by atoms with Crippen LogP contribution in [0.1, 0.15) is 30.9 Å². The minimum Gasteiger partial charge on any atom is -0.484 e. The van der Waals surface area contributed by atoms with Gasteiger partial charge in [0.2, 0.25) is 5.91 Å². The molecule has 0 fully saturated rings. The highest BCUT2D eigenvalue weighted by Gasteiger charge is 2.30. The van der Waals surface area contributed by atoms with Crippen LogP contribution in [-0.4, -0.2) is 35.9 Å². The Morgan fingerprint density at radius 2 is 1.74 bits per heavy atom. The first-order valence-electron chi connectivity index (χ1n) is 11.7. The fraction of sp³-hybridized carbons (Fsp3) is 0.286. The number of halogens is 2. The quantitative estimate of drug-likeness (QED) is 0.276. The van der Waals surface area contributed by atoms with E-state index in [-0.39, 0.29) is 25.0 Å². The van der Waals surface area contributed by atoms with Gasteiger partial charge in [0.25, 0.3) is 5.91 Å². The van der Waals surface area contributed by atoms with Crippen LogP contribution in [-0.2, 0) is 22.6 Å². The van der Waals surface area contributed by atoms with Gasteiger partial charge in [-0.25, -0.2) is 0 Å². The second-order valence-corrected chi connectivity index (χ2v) is 9.60. The van der Waals surface area contributed by atoms with E-state index in [4.69, 9.17) is 16.3 Å². The first-order valence-corrected chi connectivity index (χ1v) is 12.9.